The van der Waals surface area contributed by atoms with E-state index in [1.54, 1.807) is 25.2 Å². The summed E-state index contributed by atoms with van der Waals surface area (Å²) in [5.74, 6) is 2.19. The van der Waals surface area contributed by atoms with Crippen molar-refractivity contribution in [1.82, 2.24) is 29.4 Å². The summed E-state index contributed by atoms with van der Waals surface area (Å²) in [6, 6.07) is 8.19. The largest absolute Gasteiger partial charge is 0.474 e. The van der Waals surface area contributed by atoms with Gasteiger partial charge >= 0.3 is 0 Å². The van der Waals surface area contributed by atoms with E-state index in [1.807, 2.05) is 41.2 Å². The number of aromatic nitrogens is 5. The number of rotatable bonds is 7. The SMILES string of the molecule is CN(C)C(=O)Cn1ccc2nc(NC3CCC(Oc4nc(N5CCOCC5)cc5ncccc45)CC3)ncc21.[HH]. The standard InChI is InChI=1S/C28H34N8O3.H2/c1-34(2)26(37)18-36-11-9-22-24(36)17-30-28(32-22)31-19-5-7-20(8-6-19)39-27-21-4-3-10-29-23(21)16-25(33-27)35-12-14-38-15-13-35;/h3-4,9-11,16-17,19-20H,5-8,12-15,18H2,1-2H3,(H,30,31,32);1H. The van der Waals surface area contributed by atoms with Crippen molar-refractivity contribution in [1.29, 1.82) is 0 Å². The highest BCUT2D eigenvalue weighted by Gasteiger charge is 2.25. The fourth-order valence-corrected chi connectivity index (χ4v) is 5.21. The van der Waals surface area contributed by atoms with E-state index >= 15 is 0 Å². The Morgan fingerprint density at radius 3 is 2.74 bits per heavy atom. The molecule has 1 amide bonds. The molecule has 6 rings (SSSR count). The number of fused-ring (bicyclic) bond motifs is 2. The fourth-order valence-electron chi connectivity index (χ4n) is 5.21. The first-order chi connectivity index (χ1) is 19.0. The maximum Gasteiger partial charge on any atom is 0.241 e. The van der Waals surface area contributed by atoms with Gasteiger partial charge in [-0.05, 0) is 43.9 Å². The molecule has 0 atom stereocenters. The number of likely N-dealkylation sites (N-methyl/N-ethyl adjacent to an activating group) is 1. The van der Waals surface area contributed by atoms with Crippen molar-refractivity contribution in [2.24, 2.45) is 0 Å². The van der Waals surface area contributed by atoms with Crippen molar-refractivity contribution in [3.63, 3.8) is 0 Å². The van der Waals surface area contributed by atoms with Crippen LogP contribution in [0.4, 0.5) is 11.8 Å². The molecule has 0 aromatic carbocycles. The van der Waals surface area contributed by atoms with Gasteiger partial charge in [0, 0.05) is 53.1 Å². The first-order valence-corrected chi connectivity index (χ1v) is 13.6. The summed E-state index contributed by atoms with van der Waals surface area (Å²) in [5.41, 5.74) is 2.57. The summed E-state index contributed by atoms with van der Waals surface area (Å²) in [5, 5.41) is 4.44. The van der Waals surface area contributed by atoms with Crippen molar-refractivity contribution in [3.05, 3.63) is 42.9 Å². The van der Waals surface area contributed by atoms with E-state index in [1.165, 1.54) is 0 Å². The van der Waals surface area contributed by atoms with Crippen LogP contribution < -0.4 is 15.0 Å². The van der Waals surface area contributed by atoms with E-state index in [0.717, 1.165) is 66.5 Å². The van der Waals surface area contributed by atoms with Crippen molar-refractivity contribution < 1.29 is 15.7 Å². The average molecular weight is 533 g/mol. The molecule has 11 heteroatoms. The zero-order valence-electron chi connectivity index (χ0n) is 22.4. The number of anilines is 2. The molecule has 1 aliphatic heterocycles. The van der Waals surface area contributed by atoms with Gasteiger partial charge < -0.3 is 29.2 Å². The third-order valence-corrected chi connectivity index (χ3v) is 7.50. The van der Waals surface area contributed by atoms with Crippen molar-refractivity contribution in [2.45, 2.75) is 44.4 Å². The van der Waals surface area contributed by atoms with Crippen LogP contribution in [0, 0.1) is 0 Å². The lowest BCUT2D eigenvalue weighted by molar-refractivity contribution is -0.129. The maximum absolute atomic E-state index is 12.1. The minimum atomic E-state index is 0. The van der Waals surface area contributed by atoms with Crippen LogP contribution in [-0.2, 0) is 16.1 Å². The number of morpholine rings is 1. The predicted octanol–water partition coefficient (Wildman–Crippen LogP) is 3.35. The Kier molecular flexibility index (Phi) is 7.14. The number of amides is 1. The van der Waals surface area contributed by atoms with Gasteiger partial charge in [0.05, 0.1) is 41.3 Å². The first-order valence-electron chi connectivity index (χ1n) is 13.6. The zero-order chi connectivity index (χ0) is 26.8. The van der Waals surface area contributed by atoms with E-state index in [9.17, 15) is 4.79 Å². The van der Waals surface area contributed by atoms with Gasteiger partial charge in [-0.2, -0.15) is 4.98 Å². The van der Waals surface area contributed by atoms with E-state index in [0.29, 0.717) is 25.0 Å². The second-order valence-electron chi connectivity index (χ2n) is 10.4. The highest BCUT2D eigenvalue weighted by atomic mass is 16.5. The summed E-state index contributed by atoms with van der Waals surface area (Å²) < 4.78 is 13.9. The summed E-state index contributed by atoms with van der Waals surface area (Å²) >= 11 is 0. The second-order valence-corrected chi connectivity index (χ2v) is 10.4. The lowest BCUT2D eigenvalue weighted by Gasteiger charge is -2.31. The van der Waals surface area contributed by atoms with E-state index in [-0.39, 0.29) is 26.0 Å². The van der Waals surface area contributed by atoms with Crippen LogP contribution in [0.3, 0.4) is 0 Å². The molecule has 39 heavy (non-hydrogen) atoms. The molecule has 0 spiro atoms. The maximum atomic E-state index is 12.1. The van der Waals surface area contributed by atoms with Gasteiger partial charge in [-0.3, -0.25) is 9.78 Å². The molecular weight excluding hydrogens is 496 g/mol. The normalized spacial score (nSPS) is 19.8. The molecule has 4 aromatic heterocycles. The quantitative estimate of drug-likeness (QED) is 0.383. The van der Waals surface area contributed by atoms with Crippen molar-refractivity contribution >= 4 is 39.6 Å². The van der Waals surface area contributed by atoms with Gasteiger partial charge in [0.15, 0.2) is 0 Å². The Morgan fingerprint density at radius 2 is 1.95 bits per heavy atom. The number of carbonyl (C=O) groups excluding carboxylic acids is 1. The summed E-state index contributed by atoms with van der Waals surface area (Å²) in [6.07, 6.45) is 9.29. The average Bonchev–Trinajstić information content (AvgIpc) is 3.36. The molecular formula is C28H36N8O3. The molecule has 0 unspecified atom stereocenters. The number of pyridine rings is 2. The fraction of sp³-hybridized carbons (Fsp3) is 0.464. The molecule has 1 N–H and O–H groups in total. The third-order valence-electron chi connectivity index (χ3n) is 7.50. The van der Waals surface area contributed by atoms with Crippen LogP contribution in [0.2, 0.25) is 0 Å². The van der Waals surface area contributed by atoms with Crippen LogP contribution in [0.1, 0.15) is 27.1 Å². The molecule has 2 fully saturated rings. The molecule has 11 nitrogen and oxygen atoms in total. The van der Waals surface area contributed by atoms with Gasteiger partial charge in [-0.1, -0.05) is 0 Å². The number of hydrogen-bond acceptors (Lipinski definition) is 9. The number of ether oxygens (including phenoxy) is 2. The molecule has 2 aliphatic rings. The van der Waals surface area contributed by atoms with E-state index < -0.39 is 0 Å². The molecule has 5 heterocycles. The van der Waals surface area contributed by atoms with E-state index in [2.05, 4.69) is 25.2 Å². The first kappa shape index (κ1) is 25.3. The Hall–Kier alpha value is -3.99. The number of carbonyl (C=O) groups is 1. The van der Waals surface area contributed by atoms with Crippen molar-refractivity contribution in [2.75, 3.05) is 50.6 Å². The topological polar surface area (TPSA) is 111 Å². The van der Waals surface area contributed by atoms with Crippen LogP contribution in [0.5, 0.6) is 5.88 Å². The van der Waals surface area contributed by atoms with Gasteiger partial charge in [0.2, 0.25) is 17.7 Å². The monoisotopic (exact) mass is 532 g/mol. The number of nitrogens with zero attached hydrogens (tertiary/aromatic N) is 7. The van der Waals surface area contributed by atoms with Crippen molar-refractivity contribution in [3.8, 4) is 5.88 Å². The smallest absolute Gasteiger partial charge is 0.241 e. The summed E-state index contributed by atoms with van der Waals surface area (Å²) in [6.45, 7) is 3.30. The van der Waals surface area contributed by atoms with Crippen LogP contribution in [-0.4, -0.2) is 87.9 Å². The number of hydrogen-bond donors (Lipinski definition) is 1. The highest BCUT2D eigenvalue weighted by Crippen LogP contribution is 2.31. The van der Waals surface area contributed by atoms with Crippen LogP contribution in [0.15, 0.2) is 42.9 Å². The van der Waals surface area contributed by atoms with E-state index in [4.69, 9.17) is 14.5 Å². The minimum Gasteiger partial charge on any atom is -0.474 e. The zero-order valence-corrected chi connectivity index (χ0v) is 22.4. The van der Waals surface area contributed by atoms with Crippen LogP contribution >= 0.6 is 0 Å². The Bertz CT molecular complexity index is 1460. The molecule has 1 saturated heterocycles. The summed E-state index contributed by atoms with van der Waals surface area (Å²) in [7, 11) is 3.51. The molecule has 0 radical (unpaired) electrons. The van der Waals surface area contributed by atoms with Gasteiger partial charge in [-0.25, -0.2) is 9.97 Å². The Balaban J connectivity index is 0.00000323. The van der Waals surface area contributed by atoms with Crippen LogP contribution in [0.25, 0.3) is 21.9 Å². The van der Waals surface area contributed by atoms with Gasteiger partial charge in [0.1, 0.15) is 18.5 Å². The second kappa shape index (κ2) is 11.0. The Morgan fingerprint density at radius 1 is 1.13 bits per heavy atom. The van der Waals surface area contributed by atoms with Gasteiger partial charge in [-0.15, -0.1) is 0 Å². The predicted molar refractivity (Wildman–Crippen MR) is 151 cm³/mol. The lowest BCUT2D eigenvalue weighted by Crippen LogP contribution is -2.37. The lowest BCUT2D eigenvalue weighted by atomic mass is 9.93. The third kappa shape index (κ3) is 5.58. The Labute approximate surface area is 228 Å². The molecule has 1 aliphatic carbocycles. The molecule has 206 valence electrons. The summed E-state index contributed by atoms with van der Waals surface area (Å²) in [4.78, 5) is 34.6. The molecule has 0 bridgehead atoms. The molecule has 1 saturated carbocycles. The minimum absolute atomic E-state index is 0. The molecule has 4 aromatic rings. The highest BCUT2D eigenvalue weighted by molar-refractivity contribution is 5.86. The van der Waals surface area contributed by atoms with Gasteiger partial charge in [0.25, 0.3) is 0 Å². The number of nitrogens with one attached hydrogen (secondary N) is 1.